The zero-order valence-corrected chi connectivity index (χ0v) is 13.3. The van der Waals surface area contributed by atoms with Crippen molar-refractivity contribution in [3.63, 3.8) is 0 Å². The normalized spacial score (nSPS) is 13.1. The summed E-state index contributed by atoms with van der Waals surface area (Å²) in [6.45, 7) is 5.19. The third kappa shape index (κ3) is 4.53. The standard InChI is InChI=1S/C12H19N3O6S/c1-4-21-12(18)8-6-13-14-10(8)22(19,20)15-9(11(16)17)5-7(2)3/h6-7,9,15H,4-5H2,1-3H3,(H,13,14)(H,16,17). The number of ether oxygens (including phenoxy) is 1. The molecule has 0 amide bonds. The first-order valence-corrected chi connectivity index (χ1v) is 8.13. The minimum absolute atomic E-state index is 0.0323. The Morgan fingerprint density at radius 3 is 2.59 bits per heavy atom. The number of rotatable bonds is 8. The molecule has 0 aliphatic rings. The molecule has 3 N–H and O–H groups in total. The average Bonchev–Trinajstić information content (AvgIpc) is 2.87. The molecule has 0 aliphatic heterocycles. The van der Waals surface area contributed by atoms with Crippen LogP contribution in [0.25, 0.3) is 0 Å². The maximum atomic E-state index is 12.3. The van der Waals surface area contributed by atoms with Crippen LogP contribution in [0, 0.1) is 5.92 Å². The summed E-state index contributed by atoms with van der Waals surface area (Å²) in [6.07, 6.45) is 1.13. The van der Waals surface area contributed by atoms with Crippen molar-refractivity contribution in [2.24, 2.45) is 5.92 Å². The van der Waals surface area contributed by atoms with Gasteiger partial charge in [-0.15, -0.1) is 0 Å². The molecule has 0 bridgehead atoms. The smallest absolute Gasteiger partial charge is 0.342 e. The third-order valence-corrected chi connectivity index (χ3v) is 4.11. The minimum atomic E-state index is -4.25. The van der Waals surface area contributed by atoms with Crippen molar-refractivity contribution in [3.05, 3.63) is 11.8 Å². The summed E-state index contributed by atoms with van der Waals surface area (Å²) in [6, 6.07) is -1.30. The number of esters is 1. The number of aromatic amines is 1. The Hall–Kier alpha value is -1.94. The van der Waals surface area contributed by atoms with Crippen molar-refractivity contribution in [1.29, 1.82) is 0 Å². The monoisotopic (exact) mass is 333 g/mol. The van der Waals surface area contributed by atoms with Crippen molar-refractivity contribution >= 4 is 22.0 Å². The summed E-state index contributed by atoms with van der Waals surface area (Å²) >= 11 is 0. The topological polar surface area (TPSA) is 138 Å². The van der Waals surface area contributed by atoms with Crippen LogP contribution in [-0.4, -0.2) is 48.3 Å². The summed E-state index contributed by atoms with van der Waals surface area (Å²) in [4.78, 5) is 22.8. The first-order chi connectivity index (χ1) is 10.2. The first-order valence-electron chi connectivity index (χ1n) is 6.64. The van der Waals surface area contributed by atoms with Crippen LogP contribution in [0.15, 0.2) is 11.2 Å². The first kappa shape index (κ1) is 18.1. The Kier molecular flexibility index (Phi) is 6.06. The van der Waals surface area contributed by atoms with E-state index in [1.54, 1.807) is 20.8 Å². The highest BCUT2D eigenvalue weighted by atomic mass is 32.2. The molecule has 9 nitrogen and oxygen atoms in total. The van der Waals surface area contributed by atoms with Crippen LogP contribution in [0.3, 0.4) is 0 Å². The van der Waals surface area contributed by atoms with E-state index in [0.717, 1.165) is 6.20 Å². The number of carboxylic acids is 1. The van der Waals surface area contributed by atoms with Crippen LogP contribution in [-0.2, 0) is 19.6 Å². The highest BCUT2D eigenvalue weighted by Crippen LogP contribution is 2.15. The van der Waals surface area contributed by atoms with Gasteiger partial charge in [0.1, 0.15) is 11.6 Å². The van der Waals surface area contributed by atoms with E-state index in [0.29, 0.717) is 0 Å². The molecular formula is C12H19N3O6S. The van der Waals surface area contributed by atoms with Crippen molar-refractivity contribution in [2.45, 2.75) is 38.3 Å². The number of nitrogens with zero attached hydrogens (tertiary/aromatic N) is 1. The number of nitrogens with one attached hydrogen (secondary N) is 2. The molecular weight excluding hydrogens is 314 g/mol. The Morgan fingerprint density at radius 1 is 1.45 bits per heavy atom. The van der Waals surface area contributed by atoms with Gasteiger partial charge in [0.05, 0.1) is 12.8 Å². The lowest BCUT2D eigenvalue weighted by Gasteiger charge is -2.16. The fourth-order valence-corrected chi connectivity index (χ4v) is 3.04. The summed E-state index contributed by atoms with van der Waals surface area (Å²) in [7, 11) is -4.25. The number of hydrogen-bond donors (Lipinski definition) is 3. The SMILES string of the molecule is CCOC(=O)c1cn[nH]c1S(=O)(=O)NC(CC(C)C)C(=O)O. The quantitative estimate of drug-likeness (QED) is 0.584. The summed E-state index contributed by atoms with van der Waals surface area (Å²) in [5, 5.41) is 14.3. The van der Waals surface area contributed by atoms with Gasteiger partial charge in [-0.25, -0.2) is 13.2 Å². The molecule has 0 spiro atoms. The fourth-order valence-electron chi connectivity index (χ4n) is 1.75. The van der Waals surface area contributed by atoms with Crippen LogP contribution < -0.4 is 4.72 Å². The third-order valence-electron chi connectivity index (χ3n) is 2.67. The van der Waals surface area contributed by atoms with E-state index >= 15 is 0 Å². The number of H-pyrrole nitrogens is 1. The molecule has 1 heterocycles. The van der Waals surface area contributed by atoms with Gasteiger partial charge < -0.3 is 9.84 Å². The second-order valence-corrected chi connectivity index (χ2v) is 6.63. The van der Waals surface area contributed by atoms with E-state index in [1.165, 1.54) is 0 Å². The fraction of sp³-hybridized carbons (Fsp3) is 0.583. The van der Waals surface area contributed by atoms with Gasteiger partial charge in [-0.3, -0.25) is 9.89 Å². The lowest BCUT2D eigenvalue weighted by Crippen LogP contribution is -2.42. The molecule has 0 saturated carbocycles. The van der Waals surface area contributed by atoms with Crippen LogP contribution in [0.5, 0.6) is 0 Å². The van der Waals surface area contributed by atoms with Crippen molar-refractivity contribution < 1.29 is 27.9 Å². The number of carbonyl (C=O) groups excluding carboxylic acids is 1. The number of aliphatic carboxylic acids is 1. The van der Waals surface area contributed by atoms with E-state index in [1.807, 2.05) is 0 Å². The van der Waals surface area contributed by atoms with Crippen molar-refractivity contribution in [3.8, 4) is 0 Å². The largest absolute Gasteiger partial charge is 0.480 e. The Morgan fingerprint density at radius 2 is 2.09 bits per heavy atom. The predicted octanol–water partition coefficient (Wildman–Crippen LogP) is 0.364. The summed E-state index contributed by atoms with van der Waals surface area (Å²) < 4.78 is 31.3. The van der Waals surface area contributed by atoms with Gasteiger partial charge in [-0.05, 0) is 19.3 Å². The zero-order valence-electron chi connectivity index (χ0n) is 12.5. The van der Waals surface area contributed by atoms with E-state index in [4.69, 9.17) is 9.84 Å². The molecule has 124 valence electrons. The Bertz CT molecular complexity index is 637. The molecule has 22 heavy (non-hydrogen) atoms. The number of carboxylic acid groups (broad SMARTS) is 1. The van der Waals surface area contributed by atoms with Gasteiger partial charge in [0.25, 0.3) is 10.0 Å². The predicted molar refractivity (Wildman–Crippen MR) is 75.7 cm³/mol. The minimum Gasteiger partial charge on any atom is -0.480 e. The van der Waals surface area contributed by atoms with Gasteiger partial charge in [0.2, 0.25) is 0 Å². The van der Waals surface area contributed by atoms with Gasteiger partial charge in [-0.2, -0.15) is 9.82 Å². The summed E-state index contributed by atoms with van der Waals surface area (Å²) in [5.41, 5.74) is -0.275. The van der Waals surface area contributed by atoms with Crippen molar-refractivity contribution in [2.75, 3.05) is 6.61 Å². The highest BCUT2D eigenvalue weighted by molar-refractivity contribution is 7.89. The van der Waals surface area contributed by atoms with Crippen LogP contribution in [0.2, 0.25) is 0 Å². The summed E-state index contributed by atoms with van der Waals surface area (Å²) in [5.74, 6) is -2.18. The number of sulfonamides is 1. The molecule has 1 unspecified atom stereocenters. The van der Waals surface area contributed by atoms with Gasteiger partial charge >= 0.3 is 11.9 Å². The Balaban J connectivity index is 3.07. The molecule has 0 fully saturated rings. The number of carbonyl (C=O) groups is 2. The zero-order chi connectivity index (χ0) is 16.9. The van der Waals surface area contributed by atoms with E-state index < -0.39 is 33.0 Å². The second kappa shape index (κ2) is 7.36. The highest BCUT2D eigenvalue weighted by Gasteiger charge is 2.31. The number of hydrogen-bond acceptors (Lipinski definition) is 6. The molecule has 1 rings (SSSR count). The molecule has 1 aromatic rings. The van der Waals surface area contributed by atoms with Crippen LogP contribution in [0.4, 0.5) is 0 Å². The number of aromatic nitrogens is 2. The second-order valence-electron chi connectivity index (χ2n) is 4.97. The maximum Gasteiger partial charge on any atom is 0.342 e. The van der Waals surface area contributed by atoms with Crippen LogP contribution >= 0.6 is 0 Å². The van der Waals surface area contributed by atoms with Gasteiger partial charge in [0.15, 0.2) is 5.03 Å². The van der Waals surface area contributed by atoms with Crippen LogP contribution in [0.1, 0.15) is 37.6 Å². The molecule has 10 heteroatoms. The molecule has 1 aromatic heterocycles. The molecule has 0 aliphatic carbocycles. The molecule has 0 saturated heterocycles. The lowest BCUT2D eigenvalue weighted by atomic mass is 10.1. The average molecular weight is 333 g/mol. The van der Waals surface area contributed by atoms with Gasteiger partial charge in [-0.1, -0.05) is 13.8 Å². The molecule has 0 aromatic carbocycles. The van der Waals surface area contributed by atoms with E-state index in [2.05, 4.69) is 14.9 Å². The van der Waals surface area contributed by atoms with E-state index in [-0.39, 0.29) is 24.5 Å². The molecule has 0 radical (unpaired) electrons. The lowest BCUT2D eigenvalue weighted by molar-refractivity contribution is -0.139. The molecule has 1 atom stereocenters. The maximum absolute atomic E-state index is 12.3. The van der Waals surface area contributed by atoms with Gasteiger partial charge in [0, 0.05) is 0 Å². The van der Waals surface area contributed by atoms with E-state index in [9.17, 15) is 18.0 Å². The Labute approximate surface area is 128 Å². The van der Waals surface area contributed by atoms with Crippen molar-refractivity contribution in [1.82, 2.24) is 14.9 Å².